The van der Waals surface area contributed by atoms with Crippen molar-refractivity contribution in [2.45, 2.75) is 57.7 Å². The van der Waals surface area contributed by atoms with Crippen LogP contribution in [0, 0.1) is 5.92 Å². The van der Waals surface area contributed by atoms with Crippen LogP contribution in [0.25, 0.3) is 0 Å². The average Bonchev–Trinajstić information content (AvgIpc) is 2.58. The van der Waals surface area contributed by atoms with Gasteiger partial charge in [0, 0.05) is 6.42 Å². The molecule has 13 nitrogen and oxygen atoms in total. The Morgan fingerprint density at radius 3 is 1.43 bits per heavy atom. The van der Waals surface area contributed by atoms with Crippen molar-refractivity contribution in [2.75, 3.05) is 0 Å². The molecule has 28 heavy (non-hydrogen) atoms. The van der Waals surface area contributed by atoms with Gasteiger partial charge in [0.25, 0.3) is 0 Å². The summed E-state index contributed by atoms with van der Waals surface area (Å²) in [5, 5.41) is 32.7. The van der Waals surface area contributed by atoms with E-state index in [4.69, 9.17) is 37.6 Å². The third-order valence-corrected chi connectivity index (χ3v) is 3.27. The van der Waals surface area contributed by atoms with Gasteiger partial charge in [0.2, 0.25) is 5.91 Å². The van der Waals surface area contributed by atoms with E-state index >= 15 is 0 Å². The first-order valence-corrected chi connectivity index (χ1v) is 8.12. The van der Waals surface area contributed by atoms with E-state index in [-0.39, 0.29) is 25.2 Å². The van der Waals surface area contributed by atoms with Crippen LogP contribution >= 0.6 is 0 Å². The predicted molar refractivity (Wildman–Crippen MR) is 97.0 cm³/mol. The third kappa shape index (κ3) is 19.6. The molecule has 0 rings (SSSR count). The Hall–Kier alpha value is -2.77. The van der Waals surface area contributed by atoms with Gasteiger partial charge in [-0.1, -0.05) is 20.3 Å². The van der Waals surface area contributed by atoms with Crippen molar-refractivity contribution in [1.29, 1.82) is 0 Å². The molecule has 0 spiro atoms. The van der Waals surface area contributed by atoms with Crippen molar-refractivity contribution < 1.29 is 44.4 Å². The molecule has 0 saturated heterocycles. The normalized spacial score (nSPS) is 13.9. The van der Waals surface area contributed by atoms with Crippen LogP contribution in [0.2, 0.25) is 0 Å². The van der Waals surface area contributed by atoms with E-state index in [2.05, 4.69) is 5.73 Å². The zero-order valence-electron chi connectivity index (χ0n) is 15.8. The summed E-state index contributed by atoms with van der Waals surface area (Å²) in [5.74, 6) is -4.96. The number of carbonyl (C=O) groups is 5. The Balaban J connectivity index is -0.000000336. The van der Waals surface area contributed by atoms with Crippen LogP contribution in [0.15, 0.2) is 0 Å². The fourth-order valence-electron chi connectivity index (χ4n) is 1.20. The Morgan fingerprint density at radius 1 is 0.821 bits per heavy atom. The zero-order valence-corrected chi connectivity index (χ0v) is 15.8. The first-order chi connectivity index (χ1) is 12.7. The summed E-state index contributed by atoms with van der Waals surface area (Å²) < 4.78 is 0. The second-order valence-electron chi connectivity index (χ2n) is 5.74. The van der Waals surface area contributed by atoms with Crippen LogP contribution < -0.4 is 22.9 Å². The fourth-order valence-corrected chi connectivity index (χ4v) is 1.20. The lowest BCUT2D eigenvalue weighted by atomic mass is 10.0. The Labute approximate surface area is 161 Å². The maximum Gasteiger partial charge on any atom is 0.321 e. The van der Waals surface area contributed by atoms with Crippen LogP contribution in [0.3, 0.4) is 0 Å². The van der Waals surface area contributed by atoms with Gasteiger partial charge in [-0.2, -0.15) is 0 Å². The van der Waals surface area contributed by atoms with E-state index in [0.717, 1.165) is 6.42 Å². The largest absolute Gasteiger partial charge is 0.481 e. The number of carboxylic acids is 4. The SMILES string of the molecule is CCC(C)C(N)C(=O)O.NC(=O)CC(N)C(=O)O.NC(CCC(=O)O)C(=O)O. The van der Waals surface area contributed by atoms with Gasteiger partial charge < -0.3 is 43.4 Å². The molecule has 12 N–H and O–H groups in total. The molecule has 0 aliphatic rings. The van der Waals surface area contributed by atoms with E-state index < -0.39 is 47.9 Å². The minimum Gasteiger partial charge on any atom is -0.481 e. The highest BCUT2D eigenvalue weighted by molar-refractivity contribution is 5.83. The Morgan fingerprint density at radius 2 is 1.25 bits per heavy atom. The van der Waals surface area contributed by atoms with Crippen molar-refractivity contribution >= 4 is 29.8 Å². The highest BCUT2D eigenvalue weighted by atomic mass is 16.4. The molecule has 0 aromatic heterocycles. The molecule has 1 amide bonds. The number of hydrogen-bond acceptors (Lipinski definition) is 8. The van der Waals surface area contributed by atoms with Crippen molar-refractivity contribution in [2.24, 2.45) is 28.9 Å². The molecule has 4 unspecified atom stereocenters. The quantitative estimate of drug-likeness (QED) is 0.194. The molecule has 0 bridgehead atoms. The first-order valence-electron chi connectivity index (χ1n) is 8.12. The van der Waals surface area contributed by atoms with Crippen molar-refractivity contribution in [3.63, 3.8) is 0 Å². The van der Waals surface area contributed by atoms with E-state index in [0.29, 0.717) is 0 Å². The van der Waals surface area contributed by atoms with Crippen LogP contribution in [-0.4, -0.2) is 68.3 Å². The maximum atomic E-state index is 10.2. The van der Waals surface area contributed by atoms with Gasteiger partial charge in [-0.05, 0) is 12.3 Å². The smallest absolute Gasteiger partial charge is 0.321 e. The lowest BCUT2D eigenvalue weighted by Crippen LogP contribution is -2.36. The minimum absolute atomic E-state index is 0.0231. The number of aliphatic carboxylic acids is 4. The van der Waals surface area contributed by atoms with Crippen molar-refractivity contribution in [3.8, 4) is 0 Å². The molecular weight excluding hydrogens is 380 g/mol. The Kier molecular flexibility index (Phi) is 17.6. The van der Waals surface area contributed by atoms with Gasteiger partial charge in [0.05, 0.1) is 6.42 Å². The summed E-state index contributed by atoms with van der Waals surface area (Å²) in [6.45, 7) is 3.76. The van der Waals surface area contributed by atoms with Gasteiger partial charge in [0.15, 0.2) is 0 Å². The summed E-state index contributed by atoms with van der Waals surface area (Å²) in [6.07, 6.45) is 0.279. The minimum atomic E-state index is -1.21. The molecule has 0 aromatic rings. The molecule has 0 saturated carbocycles. The molecule has 0 aliphatic carbocycles. The van der Waals surface area contributed by atoms with E-state index in [1.807, 2.05) is 13.8 Å². The summed E-state index contributed by atoms with van der Waals surface area (Å²) in [4.78, 5) is 49.9. The summed E-state index contributed by atoms with van der Waals surface area (Å²) in [6, 6.07) is -2.92. The molecule has 0 heterocycles. The molecule has 4 atom stereocenters. The van der Waals surface area contributed by atoms with Crippen LogP contribution in [0.5, 0.6) is 0 Å². The number of hydrogen-bond donors (Lipinski definition) is 8. The summed E-state index contributed by atoms with van der Waals surface area (Å²) in [5.41, 5.74) is 19.8. The number of nitrogens with two attached hydrogens (primary N) is 4. The van der Waals surface area contributed by atoms with Crippen LogP contribution in [0.1, 0.15) is 39.5 Å². The summed E-state index contributed by atoms with van der Waals surface area (Å²) in [7, 11) is 0. The second-order valence-corrected chi connectivity index (χ2v) is 5.74. The van der Waals surface area contributed by atoms with Gasteiger partial charge in [-0.3, -0.25) is 24.0 Å². The van der Waals surface area contributed by atoms with Crippen LogP contribution in [-0.2, 0) is 24.0 Å². The molecule has 0 aliphatic heterocycles. The number of carboxylic acid groups (broad SMARTS) is 4. The molecule has 0 aromatic carbocycles. The highest BCUT2D eigenvalue weighted by Crippen LogP contribution is 2.04. The zero-order chi connectivity index (χ0) is 23.0. The van der Waals surface area contributed by atoms with E-state index in [9.17, 15) is 24.0 Å². The average molecular weight is 410 g/mol. The number of rotatable bonds is 10. The number of carbonyl (C=O) groups excluding carboxylic acids is 1. The van der Waals surface area contributed by atoms with Gasteiger partial charge >= 0.3 is 23.9 Å². The summed E-state index contributed by atoms with van der Waals surface area (Å²) >= 11 is 0. The molecule has 13 heteroatoms. The lowest BCUT2D eigenvalue weighted by Gasteiger charge is -2.11. The van der Waals surface area contributed by atoms with Gasteiger partial charge in [-0.15, -0.1) is 0 Å². The predicted octanol–water partition coefficient (Wildman–Crippen LogP) is -2.02. The molecule has 164 valence electrons. The fraction of sp³-hybridized carbons (Fsp3) is 0.667. The molecular formula is C15H30N4O9. The maximum absolute atomic E-state index is 10.2. The lowest BCUT2D eigenvalue weighted by molar-refractivity contribution is -0.141. The standard InChI is InChI=1S/C6H13NO2.C5H9NO4.C4H8N2O3/c1-3-4(2)5(7)6(8)9;6-3(5(9)10)1-2-4(7)8;5-2(4(8)9)1-3(6)7/h4-5H,3,7H2,1-2H3,(H,8,9);3H,1-2,6H2,(H,7,8)(H,9,10);2H,1,5H2,(H2,6,7)(H,8,9). The van der Waals surface area contributed by atoms with Gasteiger partial charge in [0.1, 0.15) is 18.1 Å². The van der Waals surface area contributed by atoms with Gasteiger partial charge in [-0.25, -0.2) is 0 Å². The number of primary amides is 1. The monoisotopic (exact) mass is 410 g/mol. The van der Waals surface area contributed by atoms with Crippen molar-refractivity contribution in [1.82, 2.24) is 0 Å². The highest BCUT2D eigenvalue weighted by Gasteiger charge is 2.17. The third-order valence-electron chi connectivity index (χ3n) is 3.27. The second kappa shape index (κ2) is 16.4. The first kappa shape index (κ1) is 30.0. The number of amides is 1. The topological polar surface area (TPSA) is 270 Å². The Bertz CT molecular complexity index is 528. The molecule has 0 fully saturated rings. The van der Waals surface area contributed by atoms with E-state index in [1.54, 1.807) is 0 Å². The van der Waals surface area contributed by atoms with Crippen molar-refractivity contribution in [3.05, 3.63) is 0 Å². The van der Waals surface area contributed by atoms with Crippen LogP contribution in [0.4, 0.5) is 0 Å². The van der Waals surface area contributed by atoms with E-state index in [1.165, 1.54) is 0 Å². The molecule has 0 radical (unpaired) electrons.